The molecule has 0 heterocycles. The molecule has 0 aliphatic heterocycles. The van der Waals surface area contributed by atoms with E-state index in [2.05, 4.69) is 143 Å². The van der Waals surface area contributed by atoms with E-state index >= 15 is 0 Å². The molecule has 1 heteroatoms. The van der Waals surface area contributed by atoms with Crippen LogP contribution in [0.15, 0.2) is 140 Å². The Morgan fingerprint density at radius 2 is 1.15 bits per heavy atom. The van der Waals surface area contributed by atoms with Crippen molar-refractivity contribution in [3.63, 3.8) is 0 Å². The SMILES string of the molecule is Cc1cccc(/C=C/C(=O)C[C@H](C)c2cccc3ccccc23)c1.Cc1cccc(CCCC[C@H](C)c2cccc3ccccc23)c1. The summed E-state index contributed by atoms with van der Waals surface area (Å²) in [6, 6.07) is 47.2. The number of hydrogen-bond donors (Lipinski definition) is 0. The average molecular weight is 617 g/mol. The van der Waals surface area contributed by atoms with Crippen molar-refractivity contribution < 1.29 is 4.79 Å². The molecule has 0 amide bonds. The van der Waals surface area contributed by atoms with Crippen molar-refractivity contribution in [2.75, 3.05) is 0 Å². The fourth-order valence-electron chi connectivity index (χ4n) is 6.61. The zero-order chi connectivity index (χ0) is 33.0. The summed E-state index contributed by atoms with van der Waals surface area (Å²) in [4.78, 5) is 12.3. The number of unbranched alkanes of at least 4 members (excludes halogenated alkanes) is 1. The number of aryl methyl sites for hydroxylation is 3. The fourth-order valence-corrected chi connectivity index (χ4v) is 6.61. The molecule has 0 radical (unpaired) electrons. The zero-order valence-corrected chi connectivity index (χ0v) is 28.5. The van der Waals surface area contributed by atoms with Gasteiger partial charge in [0.1, 0.15) is 0 Å². The molecule has 0 N–H and O–H groups in total. The van der Waals surface area contributed by atoms with Gasteiger partial charge in [-0.15, -0.1) is 0 Å². The monoisotopic (exact) mass is 616 g/mol. The van der Waals surface area contributed by atoms with Gasteiger partial charge in [-0.05, 0) is 94.8 Å². The first-order valence-electron chi connectivity index (χ1n) is 17.2. The van der Waals surface area contributed by atoms with Gasteiger partial charge in [0.05, 0.1) is 0 Å². The van der Waals surface area contributed by atoms with Gasteiger partial charge in [-0.3, -0.25) is 4.79 Å². The van der Waals surface area contributed by atoms with Crippen LogP contribution in [0.25, 0.3) is 27.6 Å². The number of hydrogen-bond acceptors (Lipinski definition) is 1. The normalized spacial score (nSPS) is 12.5. The van der Waals surface area contributed by atoms with Crippen LogP contribution in [0.5, 0.6) is 0 Å². The maximum absolute atomic E-state index is 12.3. The number of carbonyl (C=O) groups excluding carboxylic acids is 1. The summed E-state index contributed by atoms with van der Waals surface area (Å²) in [5, 5.41) is 5.24. The molecule has 0 bridgehead atoms. The molecule has 238 valence electrons. The molecular formula is C46H48O. The second kappa shape index (κ2) is 16.7. The molecule has 0 saturated heterocycles. The van der Waals surface area contributed by atoms with Gasteiger partial charge in [-0.2, -0.15) is 0 Å². The van der Waals surface area contributed by atoms with Gasteiger partial charge in [0, 0.05) is 6.42 Å². The lowest BCUT2D eigenvalue weighted by atomic mass is 9.90. The third-order valence-electron chi connectivity index (χ3n) is 9.15. The van der Waals surface area contributed by atoms with Crippen LogP contribution >= 0.6 is 0 Å². The maximum atomic E-state index is 12.3. The number of benzene rings is 6. The lowest BCUT2D eigenvalue weighted by Crippen LogP contribution is -2.02. The molecule has 0 spiro atoms. The first-order valence-corrected chi connectivity index (χ1v) is 17.2. The highest BCUT2D eigenvalue weighted by Crippen LogP contribution is 2.30. The molecule has 6 rings (SSSR count). The highest BCUT2D eigenvalue weighted by atomic mass is 16.1. The van der Waals surface area contributed by atoms with Gasteiger partial charge >= 0.3 is 0 Å². The third-order valence-corrected chi connectivity index (χ3v) is 9.15. The van der Waals surface area contributed by atoms with Crippen molar-refractivity contribution in [2.24, 2.45) is 0 Å². The molecule has 2 atom stereocenters. The Kier molecular flexibility index (Phi) is 11.9. The Morgan fingerprint density at radius 3 is 1.79 bits per heavy atom. The molecule has 0 saturated carbocycles. The van der Waals surface area contributed by atoms with Crippen LogP contribution in [0, 0.1) is 13.8 Å². The third kappa shape index (κ3) is 9.63. The summed E-state index contributed by atoms with van der Waals surface area (Å²) < 4.78 is 0. The van der Waals surface area contributed by atoms with Crippen LogP contribution in [0.2, 0.25) is 0 Å². The number of carbonyl (C=O) groups is 1. The summed E-state index contributed by atoms with van der Waals surface area (Å²) in [7, 11) is 0. The van der Waals surface area contributed by atoms with E-state index in [9.17, 15) is 4.79 Å². The van der Waals surface area contributed by atoms with Crippen LogP contribution in [0.3, 0.4) is 0 Å². The molecule has 0 unspecified atom stereocenters. The molecule has 6 aromatic carbocycles. The van der Waals surface area contributed by atoms with Crippen LogP contribution in [-0.4, -0.2) is 5.78 Å². The molecule has 0 aliphatic rings. The Balaban J connectivity index is 0.000000185. The quantitative estimate of drug-likeness (QED) is 0.105. The molecular weight excluding hydrogens is 569 g/mol. The van der Waals surface area contributed by atoms with Gasteiger partial charge in [0.2, 0.25) is 0 Å². The van der Waals surface area contributed by atoms with E-state index in [-0.39, 0.29) is 11.7 Å². The van der Waals surface area contributed by atoms with Crippen LogP contribution in [-0.2, 0) is 11.2 Å². The lowest BCUT2D eigenvalue weighted by molar-refractivity contribution is -0.114. The van der Waals surface area contributed by atoms with E-state index in [1.54, 1.807) is 6.08 Å². The Morgan fingerprint density at radius 1 is 0.596 bits per heavy atom. The zero-order valence-electron chi connectivity index (χ0n) is 28.5. The molecule has 0 aliphatic carbocycles. The van der Waals surface area contributed by atoms with Crippen LogP contribution < -0.4 is 0 Å². The second-order valence-corrected chi connectivity index (χ2v) is 13.1. The smallest absolute Gasteiger partial charge is 0.156 e. The number of ketones is 1. The lowest BCUT2D eigenvalue weighted by Gasteiger charge is -2.14. The predicted octanol–water partition coefficient (Wildman–Crippen LogP) is 12.6. The molecule has 0 aromatic heterocycles. The highest BCUT2D eigenvalue weighted by molar-refractivity contribution is 5.95. The maximum Gasteiger partial charge on any atom is 0.156 e. The molecule has 47 heavy (non-hydrogen) atoms. The summed E-state index contributed by atoms with van der Waals surface area (Å²) in [6.07, 6.45) is 9.17. The van der Waals surface area contributed by atoms with E-state index in [0.717, 1.165) is 5.56 Å². The number of rotatable bonds is 11. The van der Waals surface area contributed by atoms with Gasteiger partial charge in [-0.1, -0.05) is 171 Å². The largest absolute Gasteiger partial charge is 0.295 e. The summed E-state index contributed by atoms with van der Waals surface area (Å²) >= 11 is 0. The van der Waals surface area contributed by atoms with Gasteiger partial charge in [0.25, 0.3) is 0 Å². The van der Waals surface area contributed by atoms with Crippen molar-refractivity contribution in [2.45, 2.75) is 71.6 Å². The van der Waals surface area contributed by atoms with Crippen LogP contribution in [0.1, 0.15) is 84.7 Å². The molecule has 1 nitrogen and oxygen atoms in total. The van der Waals surface area contributed by atoms with Gasteiger partial charge < -0.3 is 0 Å². The average Bonchev–Trinajstić information content (AvgIpc) is 3.09. The van der Waals surface area contributed by atoms with E-state index < -0.39 is 0 Å². The topological polar surface area (TPSA) is 17.1 Å². The van der Waals surface area contributed by atoms with Crippen molar-refractivity contribution in [3.05, 3.63) is 173 Å². The predicted molar refractivity (Wildman–Crippen MR) is 203 cm³/mol. The minimum atomic E-state index is 0.164. The minimum absolute atomic E-state index is 0.164. The highest BCUT2D eigenvalue weighted by Gasteiger charge is 2.12. The number of fused-ring (bicyclic) bond motifs is 2. The fraction of sp³-hybridized carbons (Fsp3) is 0.239. The van der Waals surface area contributed by atoms with Gasteiger partial charge in [-0.25, -0.2) is 0 Å². The minimum Gasteiger partial charge on any atom is -0.295 e. The van der Waals surface area contributed by atoms with E-state index in [1.807, 2.05) is 24.3 Å². The summed E-state index contributed by atoms with van der Waals surface area (Å²) in [5.41, 5.74) is 7.85. The van der Waals surface area contributed by atoms with Crippen molar-refractivity contribution in [1.29, 1.82) is 0 Å². The van der Waals surface area contributed by atoms with Crippen LogP contribution in [0.4, 0.5) is 0 Å². The second-order valence-electron chi connectivity index (χ2n) is 13.1. The van der Waals surface area contributed by atoms with E-state index in [1.165, 1.54) is 75.0 Å². The Hall–Kier alpha value is -4.75. The van der Waals surface area contributed by atoms with Crippen molar-refractivity contribution in [3.8, 4) is 0 Å². The standard InChI is InChI=1S/C23H22O.C23H26/c1-17-7-5-8-19(15-17)13-14-21(24)16-18(2)22-12-6-10-20-9-3-4-11-23(20)22;1-18-9-7-12-20(17-18)11-4-3-10-19(2)22-16-8-14-21-13-5-6-15-23(21)22/h3-15,18H,16H2,1-2H3;5-9,12-17,19H,3-4,10-11H2,1-2H3/b14-13+;/t18-;19-/m00/s1. The van der Waals surface area contributed by atoms with Crippen molar-refractivity contribution in [1.82, 2.24) is 0 Å². The first kappa shape index (κ1) is 33.6. The summed E-state index contributed by atoms with van der Waals surface area (Å²) in [6.45, 7) is 8.72. The Labute approximate surface area is 282 Å². The first-order chi connectivity index (χ1) is 22.9. The number of allylic oxidation sites excluding steroid dienone is 1. The molecule has 0 fully saturated rings. The van der Waals surface area contributed by atoms with E-state index in [0.29, 0.717) is 12.3 Å². The van der Waals surface area contributed by atoms with Gasteiger partial charge in [0.15, 0.2) is 5.78 Å². The molecule has 6 aromatic rings. The summed E-state index contributed by atoms with van der Waals surface area (Å²) in [5.74, 6) is 0.987. The Bertz CT molecular complexity index is 1930. The van der Waals surface area contributed by atoms with Crippen molar-refractivity contribution >= 4 is 33.4 Å². The van der Waals surface area contributed by atoms with E-state index in [4.69, 9.17) is 0 Å².